The number of methoxy groups -OCH3 is 1. The maximum Gasteiger partial charge on any atom is 0.360 e. The van der Waals surface area contributed by atoms with Gasteiger partial charge in [-0.3, -0.25) is 4.57 Å². The first-order valence-electron chi connectivity index (χ1n) is 5.23. The number of hydrogen-bond acceptors (Lipinski definition) is 4. The van der Waals surface area contributed by atoms with E-state index in [4.69, 9.17) is 5.73 Å². The van der Waals surface area contributed by atoms with Gasteiger partial charge in [-0.05, 0) is 31.2 Å². The summed E-state index contributed by atoms with van der Waals surface area (Å²) in [5.74, 6) is 0.378. The van der Waals surface area contributed by atoms with E-state index in [1.54, 1.807) is 11.5 Å². The van der Waals surface area contributed by atoms with Gasteiger partial charge in [0.05, 0.1) is 7.11 Å². The van der Waals surface area contributed by atoms with E-state index in [9.17, 15) is 4.79 Å². The molecule has 0 spiro atoms. The number of ether oxygens (including phenoxy) is 1. The normalized spacial score (nSPS) is 10.4. The van der Waals surface area contributed by atoms with E-state index in [0.717, 1.165) is 10.2 Å². The van der Waals surface area contributed by atoms with Crippen LogP contribution >= 0.6 is 15.9 Å². The lowest BCUT2D eigenvalue weighted by Crippen LogP contribution is -2.07. The molecule has 0 saturated carbocycles. The predicted octanol–water partition coefficient (Wildman–Crippen LogP) is 2.31. The third-order valence-electron chi connectivity index (χ3n) is 2.54. The van der Waals surface area contributed by atoms with Crippen LogP contribution in [0, 0.1) is 6.92 Å². The number of aryl methyl sites for hydroxylation is 1. The minimum absolute atomic E-state index is 0.137. The summed E-state index contributed by atoms with van der Waals surface area (Å²) in [6.07, 6.45) is 0. The van der Waals surface area contributed by atoms with Crippen molar-refractivity contribution in [1.82, 2.24) is 9.55 Å². The minimum atomic E-state index is -0.536. The number of rotatable bonds is 2. The maximum absolute atomic E-state index is 11.5. The van der Waals surface area contributed by atoms with Crippen LogP contribution < -0.4 is 5.73 Å². The summed E-state index contributed by atoms with van der Waals surface area (Å²) in [5.41, 5.74) is 6.92. The molecule has 1 heterocycles. The number of imidazole rings is 1. The van der Waals surface area contributed by atoms with E-state index in [-0.39, 0.29) is 11.5 Å². The van der Waals surface area contributed by atoms with Gasteiger partial charge in [0.1, 0.15) is 11.6 Å². The van der Waals surface area contributed by atoms with Crippen molar-refractivity contribution in [2.45, 2.75) is 6.92 Å². The lowest BCUT2D eigenvalue weighted by molar-refractivity contribution is 0.0596. The Balaban J connectivity index is 2.55. The molecule has 0 saturated heterocycles. The number of hydrogen-bond donors (Lipinski definition) is 1. The molecule has 0 bridgehead atoms. The molecular weight excluding hydrogens is 298 g/mol. The molecule has 0 aliphatic rings. The number of halogens is 1. The molecule has 0 atom stereocenters. The first-order chi connectivity index (χ1) is 8.54. The Hall–Kier alpha value is -1.82. The molecule has 0 aliphatic carbocycles. The molecule has 2 rings (SSSR count). The lowest BCUT2D eigenvalue weighted by atomic mass is 10.3. The van der Waals surface area contributed by atoms with Crippen LogP contribution in [0.4, 0.5) is 5.82 Å². The Bertz CT molecular complexity index is 590. The Morgan fingerprint density at radius 2 is 2.00 bits per heavy atom. The zero-order valence-corrected chi connectivity index (χ0v) is 11.6. The lowest BCUT2D eigenvalue weighted by Gasteiger charge is -2.07. The van der Waals surface area contributed by atoms with E-state index in [1.165, 1.54) is 7.11 Å². The highest BCUT2D eigenvalue weighted by Crippen LogP contribution is 2.22. The number of esters is 1. The van der Waals surface area contributed by atoms with Crippen molar-refractivity contribution in [1.29, 1.82) is 0 Å². The average Bonchev–Trinajstić information content (AvgIpc) is 2.65. The highest BCUT2D eigenvalue weighted by Gasteiger charge is 2.19. The first kappa shape index (κ1) is 12.6. The molecule has 0 aliphatic heterocycles. The van der Waals surface area contributed by atoms with Crippen molar-refractivity contribution in [3.8, 4) is 5.69 Å². The van der Waals surface area contributed by atoms with Crippen molar-refractivity contribution < 1.29 is 9.53 Å². The van der Waals surface area contributed by atoms with E-state index >= 15 is 0 Å². The molecule has 0 amide bonds. The molecule has 0 unspecified atom stereocenters. The summed E-state index contributed by atoms with van der Waals surface area (Å²) in [4.78, 5) is 15.6. The van der Waals surface area contributed by atoms with E-state index in [0.29, 0.717) is 5.82 Å². The molecule has 1 aromatic heterocycles. The van der Waals surface area contributed by atoms with E-state index in [2.05, 4.69) is 25.7 Å². The maximum atomic E-state index is 11.5. The molecule has 6 heteroatoms. The summed E-state index contributed by atoms with van der Waals surface area (Å²) < 4.78 is 7.31. The van der Waals surface area contributed by atoms with Crippen LogP contribution in [0.3, 0.4) is 0 Å². The number of anilines is 1. The molecule has 2 N–H and O–H groups in total. The first-order valence-corrected chi connectivity index (χ1v) is 6.03. The number of nitrogens with zero attached hydrogens (tertiary/aromatic N) is 2. The van der Waals surface area contributed by atoms with Gasteiger partial charge in [-0.25, -0.2) is 9.78 Å². The minimum Gasteiger partial charge on any atom is -0.464 e. The number of aromatic nitrogens is 2. The van der Waals surface area contributed by atoms with Crippen LogP contribution in [0.15, 0.2) is 28.7 Å². The largest absolute Gasteiger partial charge is 0.464 e. The third-order valence-corrected chi connectivity index (χ3v) is 3.07. The smallest absolute Gasteiger partial charge is 0.360 e. The quantitative estimate of drug-likeness (QED) is 0.864. The summed E-state index contributed by atoms with van der Waals surface area (Å²) in [6.45, 7) is 1.78. The number of nitrogen functional groups attached to an aromatic ring is 1. The second-order valence-corrected chi connectivity index (χ2v) is 4.61. The standard InChI is InChI=1S/C12H12BrN3O2/c1-7-15-10(12(17)18-2)11(14)16(7)9-5-3-8(13)4-6-9/h3-6H,14H2,1-2H3. The zero-order chi connectivity index (χ0) is 13.3. The summed E-state index contributed by atoms with van der Waals surface area (Å²) in [5, 5.41) is 0. The molecule has 94 valence electrons. The van der Waals surface area contributed by atoms with Crippen molar-refractivity contribution in [3.63, 3.8) is 0 Å². The SMILES string of the molecule is COC(=O)c1nc(C)n(-c2ccc(Br)cc2)c1N. The van der Waals surface area contributed by atoms with Crippen molar-refractivity contribution in [2.24, 2.45) is 0 Å². The van der Waals surface area contributed by atoms with Crippen molar-refractivity contribution in [3.05, 3.63) is 40.3 Å². The topological polar surface area (TPSA) is 70.1 Å². The predicted molar refractivity (Wildman–Crippen MR) is 71.8 cm³/mol. The number of carbonyl (C=O) groups excluding carboxylic acids is 1. The summed E-state index contributed by atoms with van der Waals surface area (Å²) in [6, 6.07) is 7.56. The zero-order valence-electron chi connectivity index (χ0n) is 9.98. The van der Waals surface area contributed by atoms with Gasteiger partial charge in [0.15, 0.2) is 5.69 Å². The molecule has 2 aromatic rings. The molecule has 5 nitrogen and oxygen atoms in total. The summed E-state index contributed by atoms with van der Waals surface area (Å²) in [7, 11) is 1.30. The summed E-state index contributed by atoms with van der Waals surface area (Å²) >= 11 is 3.36. The van der Waals surface area contributed by atoms with Crippen LogP contribution in [0.2, 0.25) is 0 Å². The van der Waals surface area contributed by atoms with Crippen LogP contribution in [0.25, 0.3) is 5.69 Å². The fourth-order valence-corrected chi connectivity index (χ4v) is 1.98. The average molecular weight is 310 g/mol. The van der Waals surface area contributed by atoms with Crippen LogP contribution in [-0.4, -0.2) is 22.6 Å². The Morgan fingerprint density at radius 1 is 1.39 bits per heavy atom. The van der Waals surface area contributed by atoms with Crippen molar-refractivity contribution in [2.75, 3.05) is 12.8 Å². The van der Waals surface area contributed by atoms with Gasteiger partial charge in [0, 0.05) is 10.2 Å². The molecular formula is C12H12BrN3O2. The highest BCUT2D eigenvalue weighted by atomic mass is 79.9. The molecule has 1 aromatic carbocycles. The second-order valence-electron chi connectivity index (χ2n) is 3.70. The molecule has 18 heavy (non-hydrogen) atoms. The fourth-order valence-electron chi connectivity index (χ4n) is 1.71. The van der Waals surface area contributed by atoms with Crippen LogP contribution in [0.1, 0.15) is 16.3 Å². The third kappa shape index (κ3) is 2.11. The monoisotopic (exact) mass is 309 g/mol. The Labute approximate surface area is 113 Å². The van der Waals surface area contributed by atoms with E-state index < -0.39 is 5.97 Å². The number of benzene rings is 1. The fraction of sp³-hybridized carbons (Fsp3) is 0.167. The van der Waals surface area contributed by atoms with Crippen molar-refractivity contribution >= 4 is 27.7 Å². The number of carbonyl (C=O) groups is 1. The second kappa shape index (κ2) is 4.81. The van der Waals surface area contributed by atoms with Gasteiger partial charge in [-0.2, -0.15) is 0 Å². The van der Waals surface area contributed by atoms with Crippen LogP contribution in [0.5, 0.6) is 0 Å². The van der Waals surface area contributed by atoms with Gasteiger partial charge in [-0.15, -0.1) is 0 Å². The van der Waals surface area contributed by atoms with Gasteiger partial charge in [0.2, 0.25) is 0 Å². The van der Waals surface area contributed by atoms with Gasteiger partial charge in [0.25, 0.3) is 0 Å². The Kier molecular flexibility index (Phi) is 3.38. The van der Waals surface area contributed by atoms with Crippen LogP contribution in [-0.2, 0) is 4.74 Å². The number of nitrogens with two attached hydrogens (primary N) is 1. The van der Waals surface area contributed by atoms with Gasteiger partial charge in [-0.1, -0.05) is 15.9 Å². The van der Waals surface area contributed by atoms with E-state index in [1.807, 2.05) is 24.3 Å². The van der Waals surface area contributed by atoms with Gasteiger partial charge >= 0.3 is 5.97 Å². The molecule has 0 radical (unpaired) electrons. The Morgan fingerprint density at radius 3 is 2.56 bits per heavy atom. The van der Waals surface area contributed by atoms with Gasteiger partial charge < -0.3 is 10.5 Å². The highest BCUT2D eigenvalue weighted by molar-refractivity contribution is 9.10. The molecule has 0 fully saturated rings.